The lowest BCUT2D eigenvalue weighted by molar-refractivity contribution is -0.128. The maximum absolute atomic E-state index is 11.3. The lowest BCUT2D eigenvalue weighted by atomic mass is 10.1. The molecular formula is C13H19NO4. The van der Waals surface area contributed by atoms with Gasteiger partial charge in [0, 0.05) is 17.7 Å². The van der Waals surface area contributed by atoms with Crippen molar-refractivity contribution in [2.24, 2.45) is 0 Å². The summed E-state index contributed by atoms with van der Waals surface area (Å²) in [7, 11) is 3.17. The molecule has 0 saturated carbocycles. The van der Waals surface area contributed by atoms with E-state index in [0.29, 0.717) is 12.3 Å². The second-order valence-corrected chi connectivity index (χ2v) is 3.98. The van der Waals surface area contributed by atoms with Crippen LogP contribution >= 0.6 is 0 Å². The summed E-state index contributed by atoms with van der Waals surface area (Å²) in [6, 6.07) is 3.65. The van der Waals surface area contributed by atoms with Crippen LogP contribution in [-0.4, -0.2) is 31.3 Å². The highest BCUT2D eigenvalue weighted by Crippen LogP contribution is 2.31. The Morgan fingerprint density at radius 1 is 1.39 bits per heavy atom. The predicted molar refractivity (Wildman–Crippen MR) is 67.8 cm³/mol. The Balaban J connectivity index is 2.89. The Kier molecular flexibility index (Phi) is 4.97. The maximum atomic E-state index is 11.3. The summed E-state index contributed by atoms with van der Waals surface area (Å²) in [5.74, 6) is 1.00. The first-order chi connectivity index (χ1) is 8.51. The van der Waals surface area contributed by atoms with E-state index in [0.717, 1.165) is 16.9 Å². The van der Waals surface area contributed by atoms with Gasteiger partial charge in [-0.15, -0.1) is 0 Å². The van der Waals surface area contributed by atoms with E-state index in [9.17, 15) is 4.79 Å². The number of ether oxygens (including phenoxy) is 2. The number of aliphatic hydroxyl groups is 1. The molecule has 1 rings (SSSR count). The number of rotatable bonds is 5. The Hall–Kier alpha value is -1.75. The van der Waals surface area contributed by atoms with Gasteiger partial charge in [0.05, 0.1) is 14.2 Å². The van der Waals surface area contributed by atoms with Gasteiger partial charge in [0.2, 0.25) is 5.91 Å². The van der Waals surface area contributed by atoms with Gasteiger partial charge in [-0.1, -0.05) is 0 Å². The molecule has 5 heteroatoms. The Morgan fingerprint density at radius 3 is 2.56 bits per heavy atom. The molecule has 1 aromatic carbocycles. The van der Waals surface area contributed by atoms with Crippen LogP contribution in [0.3, 0.4) is 0 Å². The first kappa shape index (κ1) is 14.3. The van der Waals surface area contributed by atoms with Crippen molar-refractivity contribution < 1.29 is 19.4 Å². The van der Waals surface area contributed by atoms with Gasteiger partial charge in [0.25, 0.3) is 0 Å². The van der Waals surface area contributed by atoms with Crippen LogP contribution in [0.1, 0.15) is 18.1 Å². The molecule has 0 radical (unpaired) electrons. The molecule has 1 unspecified atom stereocenters. The number of benzene rings is 1. The average Bonchev–Trinajstić information content (AvgIpc) is 2.35. The molecule has 0 aliphatic heterocycles. The van der Waals surface area contributed by atoms with E-state index in [4.69, 9.17) is 14.6 Å². The van der Waals surface area contributed by atoms with Gasteiger partial charge in [-0.2, -0.15) is 0 Å². The van der Waals surface area contributed by atoms with Crippen LogP contribution < -0.4 is 14.8 Å². The van der Waals surface area contributed by atoms with E-state index in [1.807, 2.05) is 19.1 Å². The molecule has 0 saturated heterocycles. The fourth-order valence-electron chi connectivity index (χ4n) is 1.70. The summed E-state index contributed by atoms with van der Waals surface area (Å²) in [6.07, 6.45) is -1.02. The van der Waals surface area contributed by atoms with Crippen molar-refractivity contribution in [1.29, 1.82) is 0 Å². The largest absolute Gasteiger partial charge is 0.496 e. The fraction of sp³-hybridized carbons (Fsp3) is 0.462. The van der Waals surface area contributed by atoms with E-state index in [-0.39, 0.29) is 0 Å². The highest BCUT2D eigenvalue weighted by Gasteiger charge is 2.13. The van der Waals surface area contributed by atoms with Crippen molar-refractivity contribution in [1.82, 2.24) is 5.32 Å². The molecule has 5 nitrogen and oxygen atoms in total. The van der Waals surface area contributed by atoms with Crippen molar-refractivity contribution in [3.63, 3.8) is 0 Å². The molecule has 1 aromatic rings. The van der Waals surface area contributed by atoms with Gasteiger partial charge in [-0.3, -0.25) is 4.79 Å². The van der Waals surface area contributed by atoms with E-state index >= 15 is 0 Å². The van der Waals surface area contributed by atoms with Crippen LogP contribution in [0.2, 0.25) is 0 Å². The quantitative estimate of drug-likeness (QED) is 0.821. The Morgan fingerprint density at radius 2 is 2.06 bits per heavy atom. The monoisotopic (exact) mass is 253 g/mol. The van der Waals surface area contributed by atoms with Gasteiger partial charge in [-0.25, -0.2) is 0 Å². The summed E-state index contributed by atoms with van der Waals surface area (Å²) in [5, 5.41) is 11.7. The smallest absolute Gasteiger partial charge is 0.248 e. The molecule has 0 fully saturated rings. The number of hydrogen-bond donors (Lipinski definition) is 2. The second-order valence-electron chi connectivity index (χ2n) is 3.98. The van der Waals surface area contributed by atoms with Gasteiger partial charge in [-0.05, 0) is 26.0 Å². The van der Waals surface area contributed by atoms with Crippen molar-refractivity contribution in [2.45, 2.75) is 26.5 Å². The molecule has 0 bridgehead atoms. The predicted octanol–water partition coefficient (Wildman–Crippen LogP) is 1.01. The minimum absolute atomic E-state index is 0.303. The first-order valence-electron chi connectivity index (χ1n) is 5.67. The molecule has 100 valence electrons. The van der Waals surface area contributed by atoms with Gasteiger partial charge >= 0.3 is 0 Å². The highest BCUT2D eigenvalue weighted by molar-refractivity contribution is 5.80. The lowest BCUT2D eigenvalue weighted by Crippen LogP contribution is -2.32. The van der Waals surface area contributed by atoms with Gasteiger partial charge in [0.1, 0.15) is 17.6 Å². The number of methoxy groups -OCH3 is 2. The van der Waals surface area contributed by atoms with Crippen LogP contribution in [0.5, 0.6) is 11.5 Å². The van der Waals surface area contributed by atoms with E-state index in [1.165, 1.54) is 6.92 Å². The minimum atomic E-state index is -1.02. The molecule has 0 aliphatic rings. The first-order valence-corrected chi connectivity index (χ1v) is 5.67. The summed E-state index contributed by atoms with van der Waals surface area (Å²) >= 11 is 0. The van der Waals surface area contributed by atoms with Crippen LogP contribution in [0.25, 0.3) is 0 Å². The Bertz CT molecular complexity index is 429. The number of amides is 1. The molecule has 1 amide bonds. The molecule has 0 spiro atoms. The number of carbonyl (C=O) groups is 1. The number of carbonyl (C=O) groups excluding carboxylic acids is 1. The minimum Gasteiger partial charge on any atom is -0.496 e. The molecule has 0 aliphatic carbocycles. The molecular weight excluding hydrogens is 234 g/mol. The van der Waals surface area contributed by atoms with E-state index < -0.39 is 12.0 Å². The summed E-state index contributed by atoms with van der Waals surface area (Å²) in [4.78, 5) is 11.3. The molecule has 0 heterocycles. The van der Waals surface area contributed by atoms with Crippen LogP contribution in [0.15, 0.2) is 12.1 Å². The third-order valence-electron chi connectivity index (χ3n) is 2.69. The Labute approximate surface area is 107 Å². The maximum Gasteiger partial charge on any atom is 0.248 e. The highest BCUT2D eigenvalue weighted by atomic mass is 16.5. The van der Waals surface area contributed by atoms with Crippen LogP contribution in [-0.2, 0) is 11.3 Å². The molecule has 0 aromatic heterocycles. The number of hydrogen-bond acceptors (Lipinski definition) is 4. The van der Waals surface area contributed by atoms with Crippen molar-refractivity contribution >= 4 is 5.91 Å². The van der Waals surface area contributed by atoms with Crippen molar-refractivity contribution in [3.05, 3.63) is 23.3 Å². The molecule has 1 atom stereocenters. The summed E-state index contributed by atoms with van der Waals surface area (Å²) in [5.41, 5.74) is 1.72. The number of aliphatic hydroxyl groups excluding tert-OH is 1. The topological polar surface area (TPSA) is 67.8 Å². The van der Waals surface area contributed by atoms with E-state index in [2.05, 4.69) is 5.32 Å². The van der Waals surface area contributed by atoms with E-state index in [1.54, 1.807) is 14.2 Å². The summed E-state index contributed by atoms with van der Waals surface area (Å²) < 4.78 is 10.5. The zero-order valence-corrected chi connectivity index (χ0v) is 11.1. The lowest BCUT2D eigenvalue weighted by Gasteiger charge is -2.15. The zero-order chi connectivity index (χ0) is 13.7. The summed E-state index contributed by atoms with van der Waals surface area (Å²) in [6.45, 7) is 3.61. The fourth-order valence-corrected chi connectivity index (χ4v) is 1.70. The zero-order valence-electron chi connectivity index (χ0n) is 11.1. The molecule has 18 heavy (non-hydrogen) atoms. The third-order valence-corrected chi connectivity index (χ3v) is 2.69. The van der Waals surface area contributed by atoms with Crippen LogP contribution in [0, 0.1) is 6.92 Å². The van der Waals surface area contributed by atoms with Gasteiger partial charge < -0.3 is 19.9 Å². The third kappa shape index (κ3) is 3.13. The van der Waals surface area contributed by atoms with Gasteiger partial charge in [0.15, 0.2) is 0 Å². The van der Waals surface area contributed by atoms with Crippen molar-refractivity contribution in [3.8, 4) is 11.5 Å². The standard InChI is InChI=1S/C13H19NO4/c1-8-11(17-3)6-5-10(12(8)18-4)7-14-13(16)9(2)15/h5-6,9,15H,7H2,1-4H3,(H,14,16). The second kappa shape index (κ2) is 6.26. The number of nitrogens with one attached hydrogen (secondary N) is 1. The average molecular weight is 253 g/mol. The normalized spacial score (nSPS) is 11.8. The SMILES string of the molecule is COc1ccc(CNC(=O)C(C)O)c(OC)c1C. The molecule has 2 N–H and O–H groups in total. The van der Waals surface area contributed by atoms with Crippen molar-refractivity contribution in [2.75, 3.05) is 14.2 Å². The van der Waals surface area contributed by atoms with Crippen LogP contribution in [0.4, 0.5) is 0 Å².